The lowest BCUT2D eigenvalue weighted by Crippen LogP contribution is -1.85. The summed E-state index contributed by atoms with van der Waals surface area (Å²) in [6, 6.07) is 3.51. The van der Waals surface area contributed by atoms with Crippen LogP contribution < -0.4 is 0 Å². The fraction of sp³-hybridized carbons (Fsp3) is 0. The van der Waals surface area contributed by atoms with Crippen LogP contribution in [0.15, 0.2) is 22.6 Å². The maximum Gasteiger partial charge on any atom is 0.264 e. The lowest BCUT2D eigenvalue weighted by atomic mass is 10.5. The molecule has 0 bridgehead atoms. The zero-order valence-electron chi connectivity index (χ0n) is 9.63. The quantitative estimate of drug-likeness (QED) is 0.731. The van der Waals surface area contributed by atoms with Crippen LogP contribution in [0.2, 0.25) is 0 Å². The molecule has 2 heterocycles. The van der Waals surface area contributed by atoms with Crippen LogP contribution in [0.1, 0.15) is 11.4 Å². The van der Waals surface area contributed by atoms with Crippen LogP contribution in [0.4, 0.5) is 11.9 Å². The van der Waals surface area contributed by atoms with Gasteiger partial charge in [-0.3, -0.25) is 0 Å². The van der Waals surface area contributed by atoms with Gasteiger partial charge in [-0.25, -0.2) is 9.13 Å². The van der Waals surface area contributed by atoms with Gasteiger partial charge in [-0.15, -0.1) is 10.2 Å². The Morgan fingerprint density at radius 3 is 1.50 bits per heavy atom. The molecule has 0 N–H and O–H groups in total. The van der Waals surface area contributed by atoms with Crippen molar-refractivity contribution >= 4 is 11.9 Å². The van der Waals surface area contributed by atoms with E-state index in [1.165, 1.54) is 12.4 Å². The Morgan fingerprint density at radius 2 is 1.20 bits per heavy atom. The van der Waals surface area contributed by atoms with Gasteiger partial charge in [0.15, 0.2) is 23.8 Å². The smallest absolute Gasteiger partial charge is 0.217 e. The molecule has 0 unspecified atom stereocenters. The van der Waals surface area contributed by atoms with Gasteiger partial charge in [0.25, 0.3) is 11.9 Å². The minimum atomic E-state index is -0.130. The first-order valence-corrected chi connectivity index (χ1v) is 4.92. The fourth-order valence-electron chi connectivity index (χ4n) is 1.23. The van der Waals surface area contributed by atoms with E-state index in [1.807, 2.05) is 0 Å². The zero-order chi connectivity index (χ0) is 14.5. The van der Waals surface area contributed by atoms with E-state index in [2.05, 4.69) is 20.2 Å². The molecule has 0 saturated carbocycles. The average molecular weight is 262 g/mol. The molecule has 0 aromatic carbocycles. The number of nitriles is 4. The van der Waals surface area contributed by atoms with Crippen molar-refractivity contribution in [2.24, 2.45) is 10.2 Å². The summed E-state index contributed by atoms with van der Waals surface area (Å²) in [6.45, 7) is 0. The molecule has 10 nitrogen and oxygen atoms in total. The zero-order valence-corrected chi connectivity index (χ0v) is 9.63. The largest absolute Gasteiger partial charge is 0.264 e. The normalized spacial score (nSPS) is 9.60. The number of azo groups is 1. The summed E-state index contributed by atoms with van der Waals surface area (Å²) >= 11 is 0. The first-order valence-electron chi connectivity index (χ1n) is 4.92. The van der Waals surface area contributed by atoms with Gasteiger partial charge in [0.05, 0.1) is 12.4 Å². The highest BCUT2D eigenvalue weighted by molar-refractivity contribution is 5.34. The predicted molar refractivity (Wildman–Crippen MR) is 60.1 cm³/mol. The van der Waals surface area contributed by atoms with Gasteiger partial charge in [0.1, 0.15) is 12.1 Å². The second kappa shape index (κ2) is 5.09. The molecule has 2 aromatic rings. The van der Waals surface area contributed by atoms with Crippen molar-refractivity contribution in [2.45, 2.75) is 0 Å². The number of nitrogens with zero attached hydrogens (tertiary/aromatic N) is 10. The highest BCUT2D eigenvalue weighted by atomic mass is 15.3. The van der Waals surface area contributed by atoms with E-state index in [0.717, 1.165) is 9.13 Å². The summed E-state index contributed by atoms with van der Waals surface area (Å²) in [4.78, 5) is 7.46. The molecule has 2 rings (SSSR count). The molecule has 0 aliphatic rings. The van der Waals surface area contributed by atoms with Crippen molar-refractivity contribution in [1.82, 2.24) is 19.1 Å². The molecule has 2 aromatic heterocycles. The highest BCUT2D eigenvalue weighted by Gasteiger charge is 2.09. The summed E-state index contributed by atoms with van der Waals surface area (Å²) in [5.41, 5.74) is 0.00341. The van der Waals surface area contributed by atoms with Crippen molar-refractivity contribution in [1.29, 1.82) is 21.0 Å². The molecule has 20 heavy (non-hydrogen) atoms. The van der Waals surface area contributed by atoms with E-state index >= 15 is 0 Å². The Labute approximate surface area is 111 Å². The van der Waals surface area contributed by atoms with Crippen LogP contribution in [0.5, 0.6) is 0 Å². The van der Waals surface area contributed by atoms with E-state index in [1.54, 1.807) is 24.5 Å². The van der Waals surface area contributed by atoms with Gasteiger partial charge < -0.3 is 0 Å². The maximum atomic E-state index is 8.81. The van der Waals surface area contributed by atoms with E-state index in [4.69, 9.17) is 21.0 Å². The molecule has 0 spiro atoms. The Bertz CT molecular complexity index is 782. The topological polar surface area (TPSA) is 156 Å². The molecule has 10 heteroatoms. The molecule has 0 aliphatic heterocycles. The summed E-state index contributed by atoms with van der Waals surface area (Å²) in [5, 5.41) is 42.2. The molecular formula is C10H2N10. The summed E-state index contributed by atoms with van der Waals surface area (Å²) in [5.74, 6) is -0.259. The van der Waals surface area contributed by atoms with E-state index in [9.17, 15) is 0 Å². The summed E-state index contributed by atoms with van der Waals surface area (Å²) in [6.07, 6.45) is 5.85. The molecule has 0 amide bonds. The minimum absolute atomic E-state index is 0.00170. The van der Waals surface area contributed by atoms with Crippen LogP contribution >= 0.6 is 0 Å². The van der Waals surface area contributed by atoms with Gasteiger partial charge in [-0.2, -0.15) is 31.0 Å². The van der Waals surface area contributed by atoms with Crippen LogP contribution in [0.3, 0.4) is 0 Å². The van der Waals surface area contributed by atoms with Crippen molar-refractivity contribution in [3.63, 3.8) is 0 Å². The molecule has 0 fully saturated rings. The molecule has 0 radical (unpaired) electrons. The van der Waals surface area contributed by atoms with Gasteiger partial charge in [0, 0.05) is 0 Å². The fourth-order valence-corrected chi connectivity index (χ4v) is 1.23. The van der Waals surface area contributed by atoms with Gasteiger partial charge in [-0.05, 0) is 0 Å². The summed E-state index contributed by atoms with van der Waals surface area (Å²) in [7, 11) is 0. The molecular weight excluding hydrogens is 260 g/mol. The molecule has 0 atom stereocenters. The van der Waals surface area contributed by atoms with Crippen molar-refractivity contribution in [2.75, 3.05) is 0 Å². The number of hydrogen-bond donors (Lipinski definition) is 0. The molecule has 0 saturated heterocycles. The Kier molecular flexibility index (Phi) is 3.17. The monoisotopic (exact) mass is 262 g/mol. The number of aromatic nitrogens is 4. The first-order chi connectivity index (χ1) is 9.71. The Balaban J connectivity index is 2.41. The number of rotatable bonds is 2. The van der Waals surface area contributed by atoms with E-state index < -0.39 is 0 Å². The van der Waals surface area contributed by atoms with Crippen LogP contribution in [-0.2, 0) is 0 Å². The highest BCUT2D eigenvalue weighted by Crippen LogP contribution is 2.16. The number of hydrogen-bond acceptors (Lipinski definition) is 8. The van der Waals surface area contributed by atoms with Crippen molar-refractivity contribution in [3.8, 4) is 24.5 Å². The predicted octanol–water partition coefficient (Wildman–Crippen LogP) is 0.897. The maximum absolute atomic E-state index is 8.81. The Morgan fingerprint density at radius 1 is 0.800 bits per heavy atom. The van der Waals surface area contributed by atoms with E-state index in [0.29, 0.717) is 0 Å². The van der Waals surface area contributed by atoms with Crippen molar-refractivity contribution < 1.29 is 0 Å². The van der Waals surface area contributed by atoms with Gasteiger partial charge in [-0.1, -0.05) is 0 Å². The lowest BCUT2D eigenvalue weighted by Gasteiger charge is -1.89. The van der Waals surface area contributed by atoms with Gasteiger partial charge in [0.2, 0.25) is 0 Å². The third kappa shape index (κ3) is 2.17. The van der Waals surface area contributed by atoms with Crippen LogP contribution in [0, 0.1) is 45.6 Å². The molecule has 0 aliphatic carbocycles. The minimum Gasteiger partial charge on any atom is -0.217 e. The molecule has 92 valence electrons. The second-order valence-corrected chi connectivity index (χ2v) is 3.22. The first kappa shape index (κ1) is 12.4. The third-order valence-corrected chi connectivity index (χ3v) is 2.05. The number of imidazole rings is 2. The third-order valence-electron chi connectivity index (χ3n) is 2.05. The lowest BCUT2D eigenvalue weighted by molar-refractivity contribution is 0.970. The van der Waals surface area contributed by atoms with E-state index in [-0.39, 0.29) is 23.3 Å². The average Bonchev–Trinajstić information content (AvgIpc) is 3.07. The SMILES string of the molecule is N#Cc1cn(C#N)c(/N=N/c2nc(C#N)cn2C#N)n1. The van der Waals surface area contributed by atoms with Crippen LogP contribution in [0.25, 0.3) is 0 Å². The van der Waals surface area contributed by atoms with Gasteiger partial charge >= 0.3 is 0 Å². The van der Waals surface area contributed by atoms with Crippen molar-refractivity contribution in [3.05, 3.63) is 23.8 Å². The standard InChI is InChI=1S/C10H2N10/c11-1-7-3-19(5-13)9(15-7)17-18-10-16-8(2-12)4-20(10)6-14/h3-4H/b18-17+. The van der Waals surface area contributed by atoms with Crippen LogP contribution in [-0.4, -0.2) is 19.1 Å². The summed E-state index contributed by atoms with van der Waals surface area (Å²) < 4.78 is 1.87. The second-order valence-electron chi connectivity index (χ2n) is 3.22. The Hall–Kier alpha value is -4.02.